The second kappa shape index (κ2) is 10.4. The number of rotatable bonds is 8. The molecule has 0 radical (unpaired) electrons. The summed E-state index contributed by atoms with van der Waals surface area (Å²) in [6.45, 7) is 0.994. The second-order valence-electron chi connectivity index (χ2n) is 8.56. The van der Waals surface area contributed by atoms with Crippen molar-refractivity contribution in [2.75, 3.05) is 24.3 Å². The van der Waals surface area contributed by atoms with Gasteiger partial charge in [-0.3, -0.25) is 19.0 Å². The lowest BCUT2D eigenvalue weighted by molar-refractivity contribution is -0.117. The van der Waals surface area contributed by atoms with Crippen molar-refractivity contribution in [3.05, 3.63) is 94.3 Å². The third-order valence-electron chi connectivity index (χ3n) is 6.21. The fourth-order valence-corrected chi connectivity index (χ4v) is 5.19. The summed E-state index contributed by atoms with van der Waals surface area (Å²) in [7, 11) is 1.61. The van der Waals surface area contributed by atoms with E-state index in [0.29, 0.717) is 41.1 Å². The van der Waals surface area contributed by atoms with Crippen LogP contribution in [0.4, 0.5) is 5.69 Å². The zero-order valence-electron chi connectivity index (χ0n) is 19.8. The number of carbonyl (C=O) groups excluding carboxylic acids is 2. The molecule has 1 aliphatic heterocycles. The van der Waals surface area contributed by atoms with E-state index in [1.54, 1.807) is 46.9 Å². The van der Waals surface area contributed by atoms with Crippen molar-refractivity contribution in [3.63, 3.8) is 0 Å². The zero-order chi connectivity index (χ0) is 25.1. The zero-order valence-corrected chi connectivity index (χ0v) is 20.7. The summed E-state index contributed by atoms with van der Waals surface area (Å²) in [5.41, 5.74) is 2.64. The van der Waals surface area contributed by atoms with Gasteiger partial charge in [-0.1, -0.05) is 48.2 Å². The molecule has 0 bridgehead atoms. The van der Waals surface area contributed by atoms with E-state index in [9.17, 15) is 14.4 Å². The Morgan fingerprint density at radius 3 is 2.58 bits per heavy atom. The molecule has 0 saturated carbocycles. The van der Waals surface area contributed by atoms with Crippen LogP contribution in [0.15, 0.2) is 82.7 Å². The minimum atomic E-state index is -0.152. The molecular formula is C28H25N3O4S. The topological polar surface area (TPSA) is 81.5 Å². The fraction of sp³-hybridized carbons (Fsp3) is 0.214. The Morgan fingerprint density at radius 2 is 1.83 bits per heavy atom. The Morgan fingerprint density at radius 1 is 1.03 bits per heavy atom. The third kappa shape index (κ3) is 4.90. The number of nitrogens with zero attached hydrogens (tertiary/aromatic N) is 3. The maximum absolute atomic E-state index is 13.4. The minimum absolute atomic E-state index is 0.0805. The molecule has 3 aromatic carbocycles. The van der Waals surface area contributed by atoms with Crippen molar-refractivity contribution in [1.29, 1.82) is 0 Å². The Hall–Kier alpha value is -3.91. The fourth-order valence-electron chi connectivity index (χ4n) is 4.29. The van der Waals surface area contributed by atoms with Gasteiger partial charge in [0, 0.05) is 24.2 Å². The Bertz CT molecular complexity index is 1500. The quantitative estimate of drug-likeness (QED) is 0.201. The molecule has 1 aromatic heterocycles. The van der Waals surface area contributed by atoms with Gasteiger partial charge in [-0.2, -0.15) is 0 Å². The lowest BCUT2D eigenvalue weighted by atomic mass is 10.1. The van der Waals surface area contributed by atoms with Crippen LogP contribution >= 0.6 is 11.8 Å². The molecule has 8 heteroatoms. The van der Waals surface area contributed by atoms with Crippen LogP contribution in [-0.2, 0) is 11.3 Å². The van der Waals surface area contributed by atoms with Crippen LogP contribution in [-0.4, -0.2) is 40.6 Å². The molecule has 1 saturated heterocycles. The van der Waals surface area contributed by atoms with Crippen molar-refractivity contribution >= 4 is 40.0 Å². The summed E-state index contributed by atoms with van der Waals surface area (Å²) in [6.07, 6.45) is 1.36. The van der Waals surface area contributed by atoms with Crippen LogP contribution in [0.1, 0.15) is 28.8 Å². The highest BCUT2D eigenvalue weighted by atomic mass is 32.2. The Kier molecular flexibility index (Phi) is 6.86. The number of ketones is 1. The number of benzene rings is 3. The molecule has 4 aromatic rings. The molecule has 1 aliphatic rings. The molecule has 0 spiro atoms. The number of methoxy groups -OCH3 is 1. The maximum Gasteiger partial charge on any atom is 0.262 e. The highest BCUT2D eigenvalue weighted by Crippen LogP contribution is 2.25. The van der Waals surface area contributed by atoms with Gasteiger partial charge in [0.05, 0.1) is 30.3 Å². The van der Waals surface area contributed by atoms with E-state index in [4.69, 9.17) is 9.72 Å². The molecule has 5 rings (SSSR count). The van der Waals surface area contributed by atoms with Gasteiger partial charge in [0.25, 0.3) is 5.56 Å². The summed E-state index contributed by atoms with van der Waals surface area (Å²) in [4.78, 5) is 45.0. The van der Waals surface area contributed by atoms with E-state index in [0.717, 1.165) is 23.4 Å². The Balaban J connectivity index is 1.42. The standard InChI is InChI=1S/C28H25N3O4S/c1-35-22-13-11-19(12-14-22)17-31-27(34)23-8-2-3-9-24(23)29-28(31)36-18-25(32)20-6-4-7-21(16-20)30-15-5-10-26(30)33/h2-4,6-9,11-14,16H,5,10,15,17-18H2,1H3. The number of fused-ring (bicyclic) bond motifs is 1. The van der Waals surface area contributed by atoms with Crippen LogP contribution in [0.5, 0.6) is 5.75 Å². The Labute approximate surface area is 212 Å². The van der Waals surface area contributed by atoms with Gasteiger partial charge < -0.3 is 9.64 Å². The highest BCUT2D eigenvalue weighted by molar-refractivity contribution is 7.99. The molecule has 1 amide bonds. The summed E-state index contributed by atoms with van der Waals surface area (Å²) >= 11 is 1.24. The molecule has 7 nitrogen and oxygen atoms in total. The lowest BCUT2D eigenvalue weighted by Crippen LogP contribution is -2.24. The molecule has 36 heavy (non-hydrogen) atoms. The first-order valence-corrected chi connectivity index (χ1v) is 12.7. The highest BCUT2D eigenvalue weighted by Gasteiger charge is 2.22. The van der Waals surface area contributed by atoms with Crippen molar-refractivity contribution in [2.24, 2.45) is 0 Å². The van der Waals surface area contributed by atoms with Gasteiger partial charge in [0.2, 0.25) is 5.91 Å². The normalized spacial score (nSPS) is 13.4. The van der Waals surface area contributed by atoms with Gasteiger partial charge in [0.1, 0.15) is 5.75 Å². The summed E-state index contributed by atoms with van der Waals surface area (Å²) in [6, 6.07) is 21.9. The van der Waals surface area contributed by atoms with E-state index in [2.05, 4.69) is 0 Å². The van der Waals surface area contributed by atoms with Gasteiger partial charge >= 0.3 is 0 Å². The molecular weight excluding hydrogens is 474 g/mol. The van der Waals surface area contributed by atoms with E-state index >= 15 is 0 Å². The first-order valence-electron chi connectivity index (χ1n) is 11.7. The number of ether oxygens (including phenoxy) is 1. The van der Waals surface area contributed by atoms with E-state index < -0.39 is 0 Å². The number of hydrogen-bond donors (Lipinski definition) is 0. The monoisotopic (exact) mass is 499 g/mol. The summed E-state index contributed by atoms with van der Waals surface area (Å²) in [5, 5.41) is 1.01. The van der Waals surface area contributed by atoms with Crippen LogP contribution in [0.3, 0.4) is 0 Å². The first kappa shape index (κ1) is 23.8. The largest absolute Gasteiger partial charge is 0.497 e. The second-order valence-corrected chi connectivity index (χ2v) is 9.50. The van der Waals surface area contributed by atoms with E-state index in [-0.39, 0.29) is 23.0 Å². The number of carbonyl (C=O) groups is 2. The molecule has 0 unspecified atom stereocenters. The smallest absolute Gasteiger partial charge is 0.262 e. The van der Waals surface area contributed by atoms with E-state index in [1.165, 1.54) is 11.8 Å². The van der Waals surface area contributed by atoms with Crippen molar-refractivity contribution in [1.82, 2.24) is 9.55 Å². The maximum atomic E-state index is 13.4. The number of para-hydroxylation sites is 1. The molecule has 2 heterocycles. The summed E-state index contributed by atoms with van der Waals surface area (Å²) < 4.78 is 6.85. The predicted octanol–water partition coefficient (Wildman–Crippen LogP) is 4.56. The molecule has 0 atom stereocenters. The van der Waals surface area contributed by atoms with Crippen molar-refractivity contribution in [2.45, 2.75) is 24.5 Å². The minimum Gasteiger partial charge on any atom is -0.497 e. The van der Waals surface area contributed by atoms with Crippen molar-refractivity contribution in [3.8, 4) is 5.75 Å². The number of amides is 1. The third-order valence-corrected chi connectivity index (χ3v) is 7.19. The molecule has 0 aliphatic carbocycles. The number of anilines is 1. The summed E-state index contributed by atoms with van der Waals surface area (Å²) in [5.74, 6) is 0.842. The lowest BCUT2D eigenvalue weighted by Gasteiger charge is -2.16. The van der Waals surface area contributed by atoms with Crippen LogP contribution < -0.4 is 15.2 Å². The number of aromatic nitrogens is 2. The van der Waals surface area contributed by atoms with Gasteiger partial charge in [-0.05, 0) is 48.4 Å². The average molecular weight is 500 g/mol. The van der Waals surface area contributed by atoms with Gasteiger partial charge in [-0.25, -0.2) is 4.98 Å². The van der Waals surface area contributed by atoms with Crippen LogP contribution in [0.25, 0.3) is 10.9 Å². The van der Waals surface area contributed by atoms with Crippen LogP contribution in [0.2, 0.25) is 0 Å². The predicted molar refractivity (Wildman–Crippen MR) is 141 cm³/mol. The SMILES string of the molecule is COc1ccc(Cn2c(SCC(=O)c3cccc(N4CCCC4=O)c3)nc3ccccc3c2=O)cc1. The molecule has 182 valence electrons. The number of Topliss-reactive ketones (excluding diaryl/α,β-unsaturated/α-hetero) is 1. The molecule has 1 fully saturated rings. The van der Waals surface area contributed by atoms with Gasteiger partial charge in [0.15, 0.2) is 10.9 Å². The number of thioether (sulfide) groups is 1. The van der Waals surface area contributed by atoms with E-state index in [1.807, 2.05) is 42.5 Å². The van der Waals surface area contributed by atoms with Crippen molar-refractivity contribution < 1.29 is 14.3 Å². The van der Waals surface area contributed by atoms with Gasteiger partial charge in [-0.15, -0.1) is 0 Å². The molecule has 0 N–H and O–H groups in total. The first-order chi connectivity index (χ1) is 17.5. The number of hydrogen-bond acceptors (Lipinski definition) is 6. The van der Waals surface area contributed by atoms with Crippen LogP contribution in [0, 0.1) is 0 Å². The average Bonchev–Trinajstić information content (AvgIpc) is 3.35.